The van der Waals surface area contributed by atoms with E-state index in [0.717, 1.165) is 0 Å². The standard InChI is InChI=1S/C13H17Cl2NO3S/c1-13(2,11(16)12(17)18)20-6-5-19-10-4-3-8(14)7-9(10)15/h3-4,7,11H,5-6,16H2,1-2H3,(H,17,18)/t11-/m0/s1. The van der Waals surface area contributed by atoms with Crippen molar-refractivity contribution in [3.05, 3.63) is 28.2 Å². The van der Waals surface area contributed by atoms with E-state index in [1.54, 1.807) is 32.0 Å². The Kier molecular flexibility index (Phi) is 6.45. The van der Waals surface area contributed by atoms with Crippen molar-refractivity contribution in [1.29, 1.82) is 0 Å². The number of aliphatic carboxylic acids is 1. The third-order valence-electron chi connectivity index (χ3n) is 2.72. The summed E-state index contributed by atoms with van der Waals surface area (Å²) >= 11 is 13.2. The van der Waals surface area contributed by atoms with E-state index in [1.807, 2.05) is 0 Å². The molecule has 1 aromatic rings. The van der Waals surface area contributed by atoms with Crippen LogP contribution in [0.15, 0.2) is 18.2 Å². The van der Waals surface area contributed by atoms with Gasteiger partial charge in [-0.05, 0) is 32.0 Å². The van der Waals surface area contributed by atoms with Gasteiger partial charge in [-0.25, -0.2) is 0 Å². The molecule has 0 amide bonds. The van der Waals surface area contributed by atoms with E-state index in [0.29, 0.717) is 28.2 Å². The Hall–Kier alpha value is -0.620. The van der Waals surface area contributed by atoms with Crippen LogP contribution in [0.1, 0.15) is 13.8 Å². The number of carboxylic acids is 1. The molecule has 0 unspecified atom stereocenters. The van der Waals surface area contributed by atoms with E-state index in [2.05, 4.69) is 0 Å². The van der Waals surface area contributed by atoms with Crippen molar-refractivity contribution in [3.8, 4) is 5.75 Å². The van der Waals surface area contributed by atoms with Gasteiger partial charge in [0.1, 0.15) is 11.8 Å². The first kappa shape index (κ1) is 17.4. The molecule has 0 aromatic heterocycles. The molecule has 0 aliphatic heterocycles. The number of rotatable bonds is 7. The van der Waals surface area contributed by atoms with Crippen molar-refractivity contribution in [2.24, 2.45) is 5.73 Å². The molecule has 0 radical (unpaired) electrons. The number of hydrogen-bond acceptors (Lipinski definition) is 4. The minimum Gasteiger partial charge on any atom is -0.491 e. The number of hydrogen-bond donors (Lipinski definition) is 2. The second-order valence-electron chi connectivity index (χ2n) is 4.69. The number of carbonyl (C=O) groups is 1. The Labute approximate surface area is 132 Å². The quantitative estimate of drug-likeness (QED) is 0.747. The summed E-state index contributed by atoms with van der Waals surface area (Å²) in [6.45, 7) is 4.00. The molecule has 4 nitrogen and oxygen atoms in total. The van der Waals surface area contributed by atoms with E-state index < -0.39 is 16.8 Å². The molecule has 0 spiro atoms. The minimum atomic E-state index is -1.01. The molecule has 0 saturated carbocycles. The summed E-state index contributed by atoms with van der Waals surface area (Å²) in [4.78, 5) is 10.9. The lowest BCUT2D eigenvalue weighted by Crippen LogP contribution is -2.47. The van der Waals surface area contributed by atoms with Gasteiger partial charge >= 0.3 is 5.97 Å². The van der Waals surface area contributed by atoms with E-state index in [9.17, 15) is 4.79 Å². The Morgan fingerprint density at radius 3 is 2.70 bits per heavy atom. The lowest BCUT2D eigenvalue weighted by Gasteiger charge is -2.27. The maximum absolute atomic E-state index is 10.9. The van der Waals surface area contributed by atoms with E-state index in [-0.39, 0.29) is 0 Å². The number of nitrogens with two attached hydrogens (primary N) is 1. The van der Waals surface area contributed by atoms with Crippen LogP contribution in [-0.2, 0) is 4.79 Å². The number of halogens is 2. The summed E-state index contributed by atoms with van der Waals surface area (Å²) in [5.74, 6) is 0.147. The van der Waals surface area contributed by atoms with Gasteiger partial charge in [0.15, 0.2) is 0 Å². The molecule has 0 fully saturated rings. The van der Waals surface area contributed by atoms with Crippen LogP contribution in [0, 0.1) is 0 Å². The lowest BCUT2D eigenvalue weighted by molar-refractivity contribution is -0.139. The van der Waals surface area contributed by atoms with Crippen molar-refractivity contribution in [3.63, 3.8) is 0 Å². The molecule has 0 heterocycles. The van der Waals surface area contributed by atoms with Crippen molar-refractivity contribution < 1.29 is 14.6 Å². The zero-order chi connectivity index (χ0) is 15.3. The van der Waals surface area contributed by atoms with Crippen LogP contribution < -0.4 is 10.5 Å². The SMILES string of the molecule is CC(C)(SCCOc1ccc(Cl)cc1Cl)[C@@H](N)C(=O)O. The van der Waals surface area contributed by atoms with Crippen molar-refractivity contribution in [2.75, 3.05) is 12.4 Å². The highest BCUT2D eigenvalue weighted by Gasteiger charge is 2.32. The summed E-state index contributed by atoms with van der Waals surface area (Å²) < 4.78 is 4.96. The fourth-order valence-electron chi connectivity index (χ4n) is 1.44. The van der Waals surface area contributed by atoms with E-state index in [1.165, 1.54) is 11.8 Å². The molecule has 1 rings (SSSR count). The van der Waals surface area contributed by atoms with Gasteiger partial charge in [-0.15, -0.1) is 11.8 Å². The van der Waals surface area contributed by atoms with Crippen LogP contribution in [-0.4, -0.2) is 34.2 Å². The second-order valence-corrected chi connectivity index (χ2v) is 7.28. The third-order valence-corrected chi connectivity index (χ3v) is 4.62. The maximum atomic E-state index is 10.9. The molecule has 0 aliphatic rings. The molecular formula is C13H17Cl2NO3S. The van der Waals surface area contributed by atoms with Gasteiger partial charge in [0.25, 0.3) is 0 Å². The topological polar surface area (TPSA) is 72.5 Å². The highest BCUT2D eigenvalue weighted by molar-refractivity contribution is 8.00. The Bertz CT molecular complexity index is 483. The molecule has 1 atom stereocenters. The highest BCUT2D eigenvalue weighted by Crippen LogP contribution is 2.29. The van der Waals surface area contributed by atoms with Crippen LogP contribution >= 0.6 is 35.0 Å². The minimum absolute atomic E-state index is 0.405. The molecule has 112 valence electrons. The smallest absolute Gasteiger partial charge is 0.321 e. The summed E-state index contributed by atoms with van der Waals surface area (Å²) in [7, 11) is 0. The molecule has 0 bridgehead atoms. The van der Waals surface area contributed by atoms with Gasteiger partial charge < -0.3 is 15.6 Å². The molecule has 1 aromatic carbocycles. The first-order chi connectivity index (χ1) is 9.24. The summed E-state index contributed by atoms with van der Waals surface area (Å²) in [5, 5.41) is 9.91. The molecule has 0 saturated heterocycles. The number of benzene rings is 1. The number of thioether (sulfide) groups is 1. The predicted molar refractivity (Wildman–Crippen MR) is 84.1 cm³/mol. The average Bonchev–Trinajstić information content (AvgIpc) is 2.35. The number of ether oxygens (including phenoxy) is 1. The van der Waals surface area contributed by atoms with Crippen LogP contribution in [0.25, 0.3) is 0 Å². The van der Waals surface area contributed by atoms with Crippen LogP contribution in [0.4, 0.5) is 0 Å². The van der Waals surface area contributed by atoms with Crippen LogP contribution in [0.5, 0.6) is 5.75 Å². The monoisotopic (exact) mass is 337 g/mol. The summed E-state index contributed by atoms with van der Waals surface area (Å²) in [6, 6.07) is 4.08. The first-order valence-corrected chi connectivity index (χ1v) is 7.68. The average molecular weight is 338 g/mol. The van der Waals surface area contributed by atoms with Gasteiger partial charge in [-0.2, -0.15) is 0 Å². The maximum Gasteiger partial charge on any atom is 0.321 e. The van der Waals surface area contributed by atoms with E-state index >= 15 is 0 Å². The normalized spacial score (nSPS) is 13.1. The third kappa shape index (κ3) is 5.05. The number of carboxylic acid groups (broad SMARTS) is 1. The Morgan fingerprint density at radius 1 is 1.50 bits per heavy atom. The fourth-order valence-corrected chi connectivity index (χ4v) is 2.87. The zero-order valence-corrected chi connectivity index (χ0v) is 13.6. The van der Waals surface area contributed by atoms with Crippen molar-refractivity contribution in [1.82, 2.24) is 0 Å². The first-order valence-electron chi connectivity index (χ1n) is 5.94. The van der Waals surface area contributed by atoms with Crippen LogP contribution in [0.2, 0.25) is 10.0 Å². The predicted octanol–water partition coefficient (Wildman–Crippen LogP) is 3.30. The Morgan fingerprint density at radius 2 is 2.15 bits per heavy atom. The highest BCUT2D eigenvalue weighted by atomic mass is 35.5. The molecular weight excluding hydrogens is 321 g/mol. The van der Waals surface area contributed by atoms with Crippen molar-refractivity contribution in [2.45, 2.75) is 24.6 Å². The fraction of sp³-hybridized carbons (Fsp3) is 0.462. The largest absolute Gasteiger partial charge is 0.491 e. The van der Waals surface area contributed by atoms with Gasteiger partial charge in [-0.1, -0.05) is 23.2 Å². The molecule has 7 heteroatoms. The molecule has 20 heavy (non-hydrogen) atoms. The molecule has 0 aliphatic carbocycles. The van der Waals surface area contributed by atoms with Crippen molar-refractivity contribution >= 4 is 40.9 Å². The van der Waals surface area contributed by atoms with E-state index in [4.69, 9.17) is 38.8 Å². The lowest BCUT2D eigenvalue weighted by atomic mass is 10.1. The van der Waals surface area contributed by atoms with Gasteiger partial charge in [0.2, 0.25) is 0 Å². The zero-order valence-electron chi connectivity index (χ0n) is 11.2. The van der Waals surface area contributed by atoms with Crippen LogP contribution in [0.3, 0.4) is 0 Å². The molecule has 3 N–H and O–H groups in total. The summed E-state index contributed by atoms with van der Waals surface area (Å²) in [5.41, 5.74) is 5.63. The van der Waals surface area contributed by atoms with Gasteiger partial charge in [-0.3, -0.25) is 4.79 Å². The Balaban J connectivity index is 2.43. The second kappa shape index (κ2) is 7.41. The summed E-state index contributed by atoms with van der Waals surface area (Å²) in [6.07, 6.45) is 0. The van der Waals surface area contributed by atoms with Gasteiger partial charge in [0.05, 0.1) is 11.6 Å². The van der Waals surface area contributed by atoms with Gasteiger partial charge in [0, 0.05) is 15.5 Å².